The minimum atomic E-state index is 0.00327. The predicted molar refractivity (Wildman–Crippen MR) is 75.8 cm³/mol. The first kappa shape index (κ1) is 13.9. The summed E-state index contributed by atoms with van der Waals surface area (Å²) in [5.41, 5.74) is 4.20. The molecular formula is C15H23N3O2. The lowest BCUT2D eigenvalue weighted by Gasteiger charge is -2.45. The Morgan fingerprint density at radius 1 is 1.25 bits per heavy atom. The van der Waals surface area contributed by atoms with Gasteiger partial charge < -0.3 is 9.47 Å². The highest BCUT2D eigenvalue weighted by molar-refractivity contribution is 5.16. The second-order valence-corrected chi connectivity index (χ2v) is 5.82. The molecule has 3 rings (SSSR count). The van der Waals surface area contributed by atoms with Crippen LogP contribution in [0.15, 0.2) is 24.5 Å². The molecule has 3 heterocycles. The Morgan fingerprint density at radius 3 is 2.70 bits per heavy atom. The minimum Gasteiger partial charge on any atom is -0.381 e. The number of nitrogens with two attached hydrogens (primary N) is 1. The number of hydrogen-bond donors (Lipinski definition) is 2. The first-order valence-corrected chi connectivity index (χ1v) is 7.41. The van der Waals surface area contributed by atoms with E-state index >= 15 is 0 Å². The van der Waals surface area contributed by atoms with Crippen LogP contribution < -0.4 is 11.3 Å². The van der Waals surface area contributed by atoms with Crippen LogP contribution >= 0.6 is 0 Å². The van der Waals surface area contributed by atoms with E-state index in [0.29, 0.717) is 5.92 Å². The fraction of sp³-hybridized carbons (Fsp3) is 0.667. The zero-order valence-electron chi connectivity index (χ0n) is 11.8. The van der Waals surface area contributed by atoms with Crippen LogP contribution in [0.4, 0.5) is 0 Å². The molecule has 2 unspecified atom stereocenters. The van der Waals surface area contributed by atoms with E-state index in [-0.39, 0.29) is 11.6 Å². The van der Waals surface area contributed by atoms with Gasteiger partial charge in [0.2, 0.25) is 0 Å². The third-order valence-corrected chi connectivity index (χ3v) is 4.65. The monoisotopic (exact) mass is 277 g/mol. The summed E-state index contributed by atoms with van der Waals surface area (Å²) in [5, 5.41) is 0. The van der Waals surface area contributed by atoms with Crippen LogP contribution in [0.5, 0.6) is 0 Å². The highest BCUT2D eigenvalue weighted by atomic mass is 16.5. The summed E-state index contributed by atoms with van der Waals surface area (Å²) in [6, 6.07) is 4.24. The summed E-state index contributed by atoms with van der Waals surface area (Å²) in [6.07, 6.45) is 7.73. The molecule has 5 heteroatoms. The van der Waals surface area contributed by atoms with Crippen LogP contribution in [0.2, 0.25) is 0 Å². The van der Waals surface area contributed by atoms with Crippen molar-refractivity contribution in [3.8, 4) is 0 Å². The van der Waals surface area contributed by atoms with Gasteiger partial charge in [-0.15, -0.1) is 0 Å². The van der Waals surface area contributed by atoms with E-state index in [4.69, 9.17) is 15.3 Å². The number of nitrogens with one attached hydrogen (secondary N) is 1. The second kappa shape index (κ2) is 6.18. The standard InChI is InChI=1S/C15H23N3O2/c16-18-14(12-1-6-17-7-2-12)13-3-8-20-15(11-13)4-9-19-10-5-15/h1-2,6-7,13-14,18H,3-5,8-11,16H2. The van der Waals surface area contributed by atoms with Gasteiger partial charge in [0.15, 0.2) is 0 Å². The fourth-order valence-electron chi connectivity index (χ4n) is 3.52. The molecule has 1 spiro atoms. The zero-order chi connectivity index (χ0) is 13.8. The van der Waals surface area contributed by atoms with Gasteiger partial charge in [0.25, 0.3) is 0 Å². The van der Waals surface area contributed by atoms with Gasteiger partial charge in [-0.3, -0.25) is 16.3 Å². The normalized spacial score (nSPS) is 27.4. The van der Waals surface area contributed by atoms with Gasteiger partial charge in [0, 0.05) is 38.3 Å². The molecule has 110 valence electrons. The minimum absolute atomic E-state index is 0.00327. The first-order valence-electron chi connectivity index (χ1n) is 7.41. The summed E-state index contributed by atoms with van der Waals surface area (Å²) < 4.78 is 11.6. The molecule has 1 aromatic rings. The van der Waals surface area contributed by atoms with Crippen molar-refractivity contribution in [2.45, 2.75) is 37.3 Å². The van der Waals surface area contributed by atoms with Gasteiger partial charge in [0.1, 0.15) is 0 Å². The van der Waals surface area contributed by atoms with Crippen LogP contribution in [0.3, 0.4) is 0 Å². The molecule has 5 nitrogen and oxygen atoms in total. The molecule has 20 heavy (non-hydrogen) atoms. The Bertz CT molecular complexity index is 415. The van der Waals surface area contributed by atoms with Crippen molar-refractivity contribution in [3.63, 3.8) is 0 Å². The summed E-state index contributed by atoms with van der Waals surface area (Å²) in [7, 11) is 0. The lowest BCUT2D eigenvalue weighted by molar-refractivity contribution is -0.150. The van der Waals surface area contributed by atoms with Crippen LogP contribution in [-0.4, -0.2) is 30.4 Å². The largest absolute Gasteiger partial charge is 0.381 e. The maximum atomic E-state index is 6.11. The van der Waals surface area contributed by atoms with Crippen LogP contribution in [-0.2, 0) is 9.47 Å². The number of pyridine rings is 1. The molecule has 2 fully saturated rings. The first-order chi connectivity index (χ1) is 9.83. The quantitative estimate of drug-likeness (QED) is 0.648. The molecule has 0 bridgehead atoms. The number of hydrogen-bond acceptors (Lipinski definition) is 5. The van der Waals surface area contributed by atoms with Gasteiger partial charge in [-0.05, 0) is 49.3 Å². The van der Waals surface area contributed by atoms with E-state index in [0.717, 1.165) is 45.5 Å². The Morgan fingerprint density at radius 2 is 2.00 bits per heavy atom. The summed E-state index contributed by atoms with van der Waals surface area (Å²) in [4.78, 5) is 4.08. The van der Waals surface area contributed by atoms with Crippen molar-refractivity contribution in [1.82, 2.24) is 10.4 Å². The summed E-state index contributed by atoms with van der Waals surface area (Å²) in [6.45, 7) is 2.43. The maximum absolute atomic E-state index is 6.11. The number of aromatic nitrogens is 1. The lowest BCUT2D eigenvalue weighted by Crippen LogP contribution is -2.47. The van der Waals surface area contributed by atoms with Crippen molar-refractivity contribution < 1.29 is 9.47 Å². The van der Waals surface area contributed by atoms with Crippen molar-refractivity contribution in [1.29, 1.82) is 0 Å². The van der Waals surface area contributed by atoms with Gasteiger partial charge in [0.05, 0.1) is 5.60 Å². The number of nitrogens with zero attached hydrogens (tertiary/aromatic N) is 1. The van der Waals surface area contributed by atoms with Crippen molar-refractivity contribution >= 4 is 0 Å². The number of ether oxygens (including phenoxy) is 2. The van der Waals surface area contributed by atoms with Crippen LogP contribution in [0.1, 0.15) is 37.3 Å². The predicted octanol–water partition coefficient (Wildman–Crippen LogP) is 1.56. The lowest BCUT2D eigenvalue weighted by atomic mass is 9.76. The van der Waals surface area contributed by atoms with Crippen molar-refractivity contribution in [2.75, 3.05) is 19.8 Å². The van der Waals surface area contributed by atoms with E-state index in [9.17, 15) is 0 Å². The van der Waals surface area contributed by atoms with Gasteiger partial charge in [-0.1, -0.05) is 0 Å². The molecule has 0 aliphatic carbocycles. The molecule has 3 N–H and O–H groups in total. The van der Waals surface area contributed by atoms with E-state index in [1.165, 1.54) is 5.56 Å². The van der Waals surface area contributed by atoms with Crippen molar-refractivity contribution in [2.24, 2.45) is 11.8 Å². The Balaban J connectivity index is 1.75. The van der Waals surface area contributed by atoms with Crippen LogP contribution in [0.25, 0.3) is 0 Å². The van der Waals surface area contributed by atoms with E-state index in [2.05, 4.69) is 10.4 Å². The smallest absolute Gasteiger partial charge is 0.0729 e. The van der Waals surface area contributed by atoms with Crippen molar-refractivity contribution in [3.05, 3.63) is 30.1 Å². The Hall–Kier alpha value is -1.01. The van der Waals surface area contributed by atoms with Gasteiger partial charge in [-0.25, -0.2) is 0 Å². The molecule has 2 aliphatic heterocycles. The summed E-state index contributed by atoms with van der Waals surface area (Å²) >= 11 is 0. The topological polar surface area (TPSA) is 69.4 Å². The Kier molecular flexibility index (Phi) is 4.31. The van der Waals surface area contributed by atoms with Gasteiger partial charge >= 0.3 is 0 Å². The SMILES string of the molecule is NNC(c1ccncc1)C1CCOC2(CCOCC2)C1. The fourth-order valence-corrected chi connectivity index (χ4v) is 3.52. The molecule has 0 amide bonds. The average Bonchev–Trinajstić information content (AvgIpc) is 2.50. The molecule has 2 atom stereocenters. The molecular weight excluding hydrogens is 254 g/mol. The highest BCUT2D eigenvalue weighted by Gasteiger charge is 2.41. The molecule has 1 aromatic heterocycles. The van der Waals surface area contributed by atoms with E-state index in [1.807, 2.05) is 24.5 Å². The number of rotatable bonds is 3. The third kappa shape index (κ3) is 2.86. The molecule has 0 radical (unpaired) electrons. The van der Waals surface area contributed by atoms with E-state index < -0.39 is 0 Å². The number of hydrazine groups is 1. The molecule has 0 saturated carbocycles. The zero-order valence-corrected chi connectivity index (χ0v) is 11.8. The molecule has 2 saturated heterocycles. The Labute approximate surface area is 119 Å². The second-order valence-electron chi connectivity index (χ2n) is 5.82. The van der Waals surface area contributed by atoms with Crippen LogP contribution in [0, 0.1) is 5.92 Å². The third-order valence-electron chi connectivity index (χ3n) is 4.65. The average molecular weight is 277 g/mol. The van der Waals surface area contributed by atoms with Gasteiger partial charge in [-0.2, -0.15) is 0 Å². The van der Waals surface area contributed by atoms with E-state index in [1.54, 1.807) is 0 Å². The molecule has 0 aromatic carbocycles. The summed E-state index contributed by atoms with van der Waals surface area (Å²) in [5.74, 6) is 6.31. The molecule has 2 aliphatic rings. The highest BCUT2D eigenvalue weighted by Crippen LogP contribution is 2.41. The maximum Gasteiger partial charge on any atom is 0.0729 e.